The molecule has 0 unspecified atom stereocenters. The molecule has 0 bridgehead atoms. The Kier molecular flexibility index (Phi) is 4.80. The standard InChI is InChI=1S/C22H28N4O3/c1-15(2)29-20-8-5-17-13-24(12-16-9-11-28-14-16)26(21(17)23-20)19-4-3-10-25(22(19)27)18-6-7-18/h3-5,8,10,15-16,18H,6-7,9,11-14H2,1-2H3/t16-/m1/s1. The van der Waals surface area contributed by atoms with Crippen molar-refractivity contribution in [1.82, 2.24) is 14.6 Å². The molecule has 2 fully saturated rings. The zero-order valence-electron chi connectivity index (χ0n) is 17.1. The number of hydrazine groups is 1. The second kappa shape index (κ2) is 7.46. The third-order valence-corrected chi connectivity index (χ3v) is 5.74. The lowest BCUT2D eigenvalue weighted by atomic mass is 10.1. The summed E-state index contributed by atoms with van der Waals surface area (Å²) >= 11 is 0. The van der Waals surface area contributed by atoms with E-state index in [4.69, 9.17) is 14.5 Å². The van der Waals surface area contributed by atoms with E-state index in [2.05, 4.69) is 11.1 Å². The van der Waals surface area contributed by atoms with Crippen molar-refractivity contribution in [1.29, 1.82) is 0 Å². The van der Waals surface area contributed by atoms with E-state index in [9.17, 15) is 4.79 Å². The van der Waals surface area contributed by atoms with Crippen molar-refractivity contribution in [2.75, 3.05) is 24.8 Å². The van der Waals surface area contributed by atoms with Crippen LogP contribution >= 0.6 is 0 Å². The molecule has 154 valence electrons. The highest BCUT2D eigenvalue weighted by Crippen LogP contribution is 2.38. The predicted molar refractivity (Wildman–Crippen MR) is 110 cm³/mol. The van der Waals surface area contributed by atoms with E-state index in [1.807, 2.05) is 47.8 Å². The van der Waals surface area contributed by atoms with Crippen molar-refractivity contribution >= 4 is 11.5 Å². The van der Waals surface area contributed by atoms with Crippen LogP contribution in [0.25, 0.3) is 0 Å². The molecule has 1 atom stereocenters. The number of hydrogen-bond acceptors (Lipinski definition) is 6. The maximum Gasteiger partial charge on any atom is 0.276 e. The fraction of sp³-hybridized carbons (Fsp3) is 0.545. The Hall–Kier alpha value is -2.38. The summed E-state index contributed by atoms with van der Waals surface area (Å²) in [5.41, 5.74) is 1.82. The Bertz CT molecular complexity index is 947. The van der Waals surface area contributed by atoms with Crippen molar-refractivity contribution in [2.45, 2.75) is 51.8 Å². The van der Waals surface area contributed by atoms with Gasteiger partial charge in [0, 0.05) is 43.6 Å². The maximum atomic E-state index is 13.3. The second-order valence-electron chi connectivity index (χ2n) is 8.52. The molecule has 7 heteroatoms. The van der Waals surface area contributed by atoms with Gasteiger partial charge >= 0.3 is 0 Å². The normalized spacial score (nSPS) is 21.8. The smallest absolute Gasteiger partial charge is 0.276 e. The van der Waals surface area contributed by atoms with Gasteiger partial charge < -0.3 is 14.0 Å². The van der Waals surface area contributed by atoms with Crippen molar-refractivity contribution in [3.05, 3.63) is 46.4 Å². The molecule has 29 heavy (non-hydrogen) atoms. The largest absolute Gasteiger partial charge is 0.475 e. The summed E-state index contributed by atoms with van der Waals surface area (Å²) in [7, 11) is 0. The molecule has 0 spiro atoms. The first-order chi connectivity index (χ1) is 14.1. The minimum atomic E-state index is 0.0472. The van der Waals surface area contributed by atoms with E-state index in [1.54, 1.807) is 0 Å². The van der Waals surface area contributed by atoms with Crippen LogP contribution in [0.1, 0.15) is 44.7 Å². The number of aromatic nitrogens is 2. The maximum absolute atomic E-state index is 13.3. The lowest BCUT2D eigenvalue weighted by Crippen LogP contribution is -2.41. The lowest BCUT2D eigenvalue weighted by Gasteiger charge is -2.31. The highest BCUT2D eigenvalue weighted by Gasteiger charge is 2.35. The van der Waals surface area contributed by atoms with E-state index in [0.29, 0.717) is 23.5 Å². The molecular formula is C22H28N4O3. The Morgan fingerprint density at radius 2 is 2.10 bits per heavy atom. The van der Waals surface area contributed by atoms with Crippen LogP contribution in [0.5, 0.6) is 5.88 Å². The molecular weight excluding hydrogens is 368 g/mol. The van der Waals surface area contributed by atoms with Gasteiger partial charge in [0.05, 0.1) is 12.7 Å². The fourth-order valence-electron chi connectivity index (χ4n) is 4.21. The van der Waals surface area contributed by atoms with Gasteiger partial charge in [0.1, 0.15) is 5.69 Å². The number of rotatable bonds is 6. The highest BCUT2D eigenvalue weighted by molar-refractivity contribution is 5.64. The van der Waals surface area contributed by atoms with E-state index >= 15 is 0 Å². The van der Waals surface area contributed by atoms with Crippen LogP contribution in [-0.2, 0) is 11.3 Å². The molecule has 1 saturated heterocycles. The summed E-state index contributed by atoms with van der Waals surface area (Å²) in [6.45, 7) is 7.15. The van der Waals surface area contributed by atoms with Gasteiger partial charge in [-0.3, -0.25) is 9.80 Å². The third kappa shape index (κ3) is 3.65. The van der Waals surface area contributed by atoms with E-state index < -0.39 is 0 Å². The van der Waals surface area contributed by atoms with Gasteiger partial charge in [-0.1, -0.05) is 0 Å². The van der Waals surface area contributed by atoms with Crippen molar-refractivity contribution in [3.8, 4) is 5.88 Å². The predicted octanol–water partition coefficient (Wildman–Crippen LogP) is 3.27. The Balaban J connectivity index is 1.55. The summed E-state index contributed by atoms with van der Waals surface area (Å²) in [4.78, 5) is 18.1. The highest BCUT2D eigenvalue weighted by atomic mass is 16.5. The molecule has 5 rings (SSSR count). The lowest BCUT2D eigenvalue weighted by molar-refractivity contribution is 0.168. The second-order valence-corrected chi connectivity index (χ2v) is 8.52. The average molecular weight is 396 g/mol. The quantitative estimate of drug-likeness (QED) is 0.747. The van der Waals surface area contributed by atoms with Crippen LogP contribution in [0.2, 0.25) is 0 Å². The summed E-state index contributed by atoms with van der Waals surface area (Å²) < 4.78 is 13.3. The van der Waals surface area contributed by atoms with Gasteiger partial charge in [-0.2, -0.15) is 4.98 Å². The zero-order chi connectivity index (χ0) is 20.0. The molecule has 2 aromatic rings. The first kappa shape index (κ1) is 18.6. The summed E-state index contributed by atoms with van der Waals surface area (Å²) in [6.07, 6.45) is 5.16. The van der Waals surface area contributed by atoms with E-state index in [-0.39, 0.29) is 11.7 Å². The first-order valence-corrected chi connectivity index (χ1v) is 10.6. The van der Waals surface area contributed by atoms with Crippen molar-refractivity contribution < 1.29 is 9.47 Å². The SMILES string of the molecule is CC(C)Oc1ccc2c(n1)N(c1cccn(C3CC3)c1=O)N(C[C@H]1CCOC1)C2. The molecule has 0 N–H and O–H groups in total. The van der Waals surface area contributed by atoms with Crippen LogP contribution in [0.15, 0.2) is 35.3 Å². The topological polar surface area (TPSA) is 59.8 Å². The molecule has 2 aliphatic heterocycles. The number of fused-ring (bicyclic) bond motifs is 1. The first-order valence-electron chi connectivity index (χ1n) is 10.6. The van der Waals surface area contributed by atoms with Gasteiger partial charge in [-0.25, -0.2) is 5.01 Å². The van der Waals surface area contributed by atoms with Crippen LogP contribution < -0.4 is 15.3 Å². The van der Waals surface area contributed by atoms with E-state index in [1.165, 1.54) is 0 Å². The molecule has 4 heterocycles. The van der Waals surface area contributed by atoms with Gasteiger partial charge in [-0.05, 0) is 57.2 Å². The van der Waals surface area contributed by atoms with Crippen molar-refractivity contribution in [2.24, 2.45) is 5.92 Å². The zero-order valence-corrected chi connectivity index (χ0v) is 17.1. The van der Waals surface area contributed by atoms with Crippen LogP contribution in [-0.4, -0.2) is 40.4 Å². The van der Waals surface area contributed by atoms with Gasteiger partial charge in [-0.15, -0.1) is 0 Å². The van der Waals surface area contributed by atoms with Crippen molar-refractivity contribution in [3.63, 3.8) is 0 Å². The summed E-state index contributed by atoms with van der Waals surface area (Å²) in [5, 5.41) is 4.26. The van der Waals surface area contributed by atoms with E-state index in [0.717, 1.165) is 56.9 Å². The van der Waals surface area contributed by atoms with Gasteiger partial charge in [0.25, 0.3) is 5.56 Å². The Morgan fingerprint density at radius 1 is 1.24 bits per heavy atom. The van der Waals surface area contributed by atoms with Gasteiger partial charge in [0.2, 0.25) is 5.88 Å². The number of hydrogen-bond donors (Lipinski definition) is 0. The van der Waals surface area contributed by atoms with Crippen LogP contribution in [0, 0.1) is 5.92 Å². The van der Waals surface area contributed by atoms with Crippen LogP contribution in [0.3, 0.4) is 0 Å². The molecule has 7 nitrogen and oxygen atoms in total. The molecule has 0 aromatic carbocycles. The number of anilines is 2. The fourth-order valence-corrected chi connectivity index (χ4v) is 4.21. The molecule has 2 aromatic heterocycles. The number of nitrogens with zero attached hydrogens (tertiary/aromatic N) is 4. The Morgan fingerprint density at radius 3 is 2.83 bits per heavy atom. The molecule has 0 radical (unpaired) electrons. The molecule has 1 saturated carbocycles. The summed E-state index contributed by atoms with van der Waals surface area (Å²) in [6, 6.07) is 8.21. The molecule has 3 aliphatic rings. The minimum absolute atomic E-state index is 0.0472. The number of ether oxygens (including phenoxy) is 2. The monoisotopic (exact) mass is 396 g/mol. The number of pyridine rings is 2. The van der Waals surface area contributed by atoms with Gasteiger partial charge in [0.15, 0.2) is 5.82 Å². The summed E-state index contributed by atoms with van der Waals surface area (Å²) in [5.74, 6) is 1.86. The third-order valence-electron chi connectivity index (χ3n) is 5.74. The Labute approximate surface area is 170 Å². The average Bonchev–Trinajstić information content (AvgIpc) is 3.29. The minimum Gasteiger partial charge on any atom is -0.475 e. The molecule has 1 aliphatic carbocycles. The van der Waals surface area contributed by atoms with Crippen LogP contribution in [0.4, 0.5) is 11.5 Å². The molecule has 0 amide bonds.